The highest BCUT2D eigenvalue weighted by Crippen LogP contribution is 2.27. The van der Waals surface area contributed by atoms with E-state index < -0.39 is 23.6 Å². The Morgan fingerprint density at radius 1 is 1.03 bits per heavy atom. The molecular weight excluding hydrogens is 419 g/mol. The number of nitrogens with one attached hydrogen (secondary N) is 2. The van der Waals surface area contributed by atoms with Crippen molar-refractivity contribution in [2.75, 3.05) is 13.1 Å². The number of pyridine rings is 1. The van der Waals surface area contributed by atoms with Crippen molar-refractivity contribution in [2.45, 2.75) is 52.4 Å². The number of rotatable bonds is 6. The van der Waals surface area contributed by atoms with Gasteiger partial charge in [0.15, 0.2) is 0 Å². The second-order valence-electron chi connectivity index (χ2n) is 7.66. The van der Waals surface area contributed by atoms with E-state index in [0.717, 1.165) is 6.07 Å². The largest absolute Gasteiger partial charge is 0.444 e. The first kappa shape index (κ1) is 28.9. The van der Waals surface area contributed by atoms with Crippen LogP contribution in [0, 0.1) is 19.8 Å². The Morgan fingerprint density at radius 2 is 1.66 bits per heavy atom. The van der Waals surface area contributed by atoms with Crippen molar-refractivity contribution in [3.63, 3.8) is 0 Å². The number of carbonyl (C=O) groups excluding carboxylic acids is 1. The second-order valence-corrected chi connectivity index (χ2v) is 7.66. The summed E-state index contributed by atoms with van der Waals surface area (Å²) in [4.78, 5) is 14.8. The van der Waals surface area contributed by atoms with Gasteiger partial charge in [0.1, 0.15) is 11.3 Å². The third-order valence-electron chi connectivity index (χ3n) is 3.58. The van der Waals surface area contributed by atoms with Gasteiger partial charge in [-0.05, 0) is 52.3 Å². The maximum Gasteiger partial charge on any atom is 0.433 e. The number of terminal acetylenes is 1. The fourth-order valence-electron chi connectivity index (χ4n) is 2.18. The molecule has 2 aromatic rings. The van der Waals surface area contributed by atoms with E-state index in [0.29, 0.717) is 31.6 Å². The molecule has 1 heterocycles. The topological polar surface area (TPSA) is 63.2 Å². The van der Waals surface area contributed by atoms with Crippen LogP contribution in [0.15, 0.2) is 48.7 Å². The quantitative estimate of drug-likeness (QED) is 0.459. The number of ether oxygens (including phenoxy) is 1. The standard InChI is InChI=1S/C15H22F3N3O2.C7H8.C2H2/c1-14(2,3)23-13(22)20-8-4-7-19-9-11-5-6-12(21-10-11)15(16,17)18;1-7-5-3-2-4-6-7;1-2/h5-6,10,19H,4,7-9H2,1-3H3,(H,20,22);2-6H,1H3;1-2H. The molecule has 0 atom stereocenters. The van der Waals surface area contributed by atoms with Crippen LogP contribution in [0.25, 0.3) is 0 Å². The predicted octanol–water partition coefficient (Wildman–Crippen LogP) is 5.35. The van der Waals surface area contributed by atoms with Crippen LogP contribution >= 0.6 is 0 Å². The van der Waals surface area contributed by atoms with E-state index in [1.807, 2.05) is 18.2 Å². The lowest BCUT2D eigenvalue weighted by Crippen LogP contribution is -2.33. The van der Waals surface area contributed by atoms with Crippen molar-refractivity contribution in [2.24, 2.45) is 0 Å². The lowest BCUT2D eigenvalue weighted by Gasteiger charge is -2.19. The predicted molar refractivity (Wildman–Crippen MR) is 121 cm³/mol. The van der Waals surface area contributed by atoms with E-state index in [1.165, 1.54) is 17.8 Å². The monoisotopic (exact) mass is 451 g/mol. The number of aryl methyl sites for hydroxylation is 1. The minimum absolute atomic E-state index is 0.414. The van der Waals surface area contributed by atoms with E-state index in [1.54, 1.807) is 20.8 Å². The fraction of sp³-hybridized carbons (Fsp3) is 0.417. The SMILES string of the molecule is C#C.CC(C)(C)OC(=O)NCCCNCc1ccc(C(F)(F)F)nc1.Cc1ccccc1. The van der Waals surface area contributed by atoms with Gasteiger partial charge in [0.2, 0.25) is 0 Å². The van der Waals surface area contributed by atoms with Crippen molar-refractivity contribution in [3.8, 4) is 12.8 Å². The average molecular weight is 452 g/mol. The summed E-state index contributed by atoms with van der Waals surface area (Å²) < 4.78 is 42.2. The molecule has 1 amide bonds. The molecule has 0 aliphatic heterocycles. The van der Waals surface area contributed by atoms with Crippen LogP contribution in [0.3, 0.4) is 0 Å². The van der Waals surface area contributed by atoms with Crippen LogP contribution in [0.2, 0.25) is 0 Å². The Balaban J connectivity index is 0.000000889. The Hall–Kier alpha value is -3.05. The molecule has 0 bridgehead atoms. The number of alkyl carbamates (subject to hydrolysis) is 1. The summed E-state index contributed by atoms with van der Waals surface area (Å²) in [7, 11) is 0. The normalized spacial score (nSPS) is 10.7. The first-order valence-corrected chi connectivity index (χ1v) is 10.0. The molecule has 0 spiro atoms. The number of alkyl halides is 3. The van der Waals surface area contributed by atoms with E-state index in [4.69, 9.17) is 4.74 Å². The molecule has 2 N–H and O–H groups in total. The van der Waals surface area contributed by atoms with Crippen LogP contribution in [0.1, 0.15) is 44.0 Å². The molecule has 0 unspecified atom stereocenters. The lowest BCUT2D eigenvalue weighted by molar-refractivity contribution is -0.141. The summed E-state index contributed by atoms with van der Waals surface area (Å²) in [5.74, 6) is 0. The average Bonchev–Trinajstić information content (AvgIpc) is 2.71. The molecule has 0 aliphatic rings. The lowest BCUT2D eigenvalue weighted by atomic mass is 10.2. The molecule has 2 rings (SSSR count). The molecule has 0 saturated heterocycles. The van der Waals surface area contributed by atoms with Crippen LogP contribution in [0.4, 0.5) is 18.0 Å². The third kappa shape index (κ3) is 14.9. The zero-order chi connectivity index (χ0) is 24.6. The molecule has 1 aromatic carbocycles. The summed E-state index contributed by atoms with van der Waals surface area (Å²) in [5.41, 5.74) is 0.557. The van der Waals surface area contributed by atoms with E-state index in [2.05, 4.69) is 47.5 Å². The maximum atomic E-state index is 12.4. The molecule has 8 heteroatoms. The summed E-state index contributed by atoms with van der Waals surface area (Å²) in [6.07, 6.45) is 4.99. The van der Waals surface area contributed by atoms with Gasteiger partial charge in [-0.3, -0.25) is 4.98 Å². The van der Waals surface area contributed by atoms with Gasteiger partial charge >= 0.3 is 12.3 Å². The number of hydrogen-bond donors (Lipinski definition) is 2. The van der Waals surface area contributed by atoms with E-state index in [-0.39, 0.29) is 0 Å². The van der Waals surface area contributed by atoms with Gasteiger partial charge in [-0.15, -0.1) is 12.8 Å². The van der Waals surface area contributed by atoms with Crippen molar-refractivity contribution in [3.05, 3.63) is 65.5 Å². The smallest absolute Gasteiger partial charge is 0.433 e. The van der Waals surface area contributed by atoms with Gasteiger partial charge in [0.25, 0.3) is 0 Å². The highest BCUT2D eigenvalue weighted by Gasteiger charge is 2.31. The second kappa shape index (κ2) is 14.9. The molecule has 0 radical (unpaired) electrons. The van der Waals surface area contributed by atoms with Crippen molar-refractivity contribution in [1.29, 1.82) is 0 Å². The van der Waals surface area contributed by atoms with Gasteiger partial charge in [0, 0.05) is 19.3 Å². The Labute approximate surface area is 188 Å². The van der Waals surface area contributed by atoms with Gasteiger partial charge in [-0.25, -0.2) is 4.79 Å². The number of carbonyl (C=O) groups is 1. The van der Waals surface area contributed by atoms with E-state index >= 15 is 0 Å². The molecule has 0 fully saturated rings. The van der Waals surface area contributed by atoms with Crippen LogP contribution in [-0.2, 0) is 17.5 Å². The third-order valence-corrected chi connectivity index (χ3v) is 3.58. The number of nitrogens with zero attached hydrogens (tertiary/aromatic N) is 1. The summed E-state index contributed by atoms with van der Waals surface area (Å²) in [5, 5.41) is 5.69. The van der Waals surface area contributed by atoms with Crippen molar-refractivity contribution < 1.29 is 22.7 Å². The van der Waals surface area contributed by atoms with Gasteiger partial charge in [0.05, 0.1) is 0 Å². The van der Waals surface area contributed by atoms with Gasteiger partial charge < -0.3 is 15.4 Å². The highest BCUT2D eigenvalue weighted by atomic mass is 19.4. The summed E-state index contributed by atoms with van der Waals surface area (Å²) in [6.45, 7) is 8.91. The fourth-order valence-corrected chi connectivity index (χ4v) is 2.18. The van der Waals surface area contributed by atoms with E-state index in [9.17, 15) is 18.0 Å². The molecule has 1 aromatic heterocycles. The van der Waals surface area contributed by atoms with Crippen molar-refractivity contribution in [1.82, 2.24) is 15.6 Å². The number of halogens is 3. The number of hydrogen-bond acceptors (Lipinski definition) is 4. The Morgan fingerprint density at radius 3 is 2.09 bits per heavy atom. The number of amides is 1. The van der Waals surface area contributed by atoms with Crippen LogP contribution < -0.4 is 10.6 Å². The first-order chi connectivity index (χ1) is 15.0. The zero-order valence-electron chi connectivity index (χ0n) is 19.0. The van der Waals surface area contributed by atoms with Crippen molar-refractivity contribution >= 4 is 6.09 Å². The first-order valence-electron chi connectivity index (χ1n) is 10.0. The molecule has 5 nitrogen and oxygen atoms in total. The molecule has 32 heavy (non-hydrogen) atoms. The number of aromatic nitrogens is 1. The summed E-state index contributed by atoms with van der Waals surface area (Å²) in [6, 6.07) is 12.6. The highest BCUT2D eigenvalue weighted by molar-refractivity contribution is 5.67. The molecule has 0 aliphatic carbocycles. The minimum Gasteiger partial charge on any atom is -0.444 e. The van der Waals surface area contributed by atoms with Gasteiger partial charge in [-0.1, -0.05) is 42.0 Å². The zero-order valence-corrected chi connectivity index (χ0v) is 19.0. The molecular formula is C24H32F3N3O2. The van der Waals surface area contributed by atoms with Crippen LogP contribution in [-0.4, -0.2) is 29.8 Å². The number of benzene rings is 1. The molecule has 0 saturated carbocycles. The van der Waals surface area contributed by atoms with Crippen LogP contribution in [0.5, 0.6) is 0 Å². The maximum absolute atomic E-state index is 12.4. The Bertz CT molecular complexity index is 784. The minimum atomic E-state index is -4.42. The molecule has 176 valence electrons. The summed E-state index contributed by atoms with van der Waals surface area (Å²) >= 11 is 0. The Kier molecular flexibility index (Phi) is 13.5. The van der Waals surface area contributed by atoms with Gasteiger partial charge in [-0.2, -0.15) is 13.2 Å².